The molecular formula is C10H7ClF3NO. The number of hydrogen-bond donors (Lipinski definition) is 0. The monoisotopic (exact) mass is 249 g/mol. The number of hydrogen-bond acceptors (Lipinski definition) is 2. The van der Waals surface area contributed by atoms with Crippen molar-refractivity contribution < 1.29 is 17.9 Å². The molecule has 0 unspecified atom stereocenters. The summed E-state index contributed by atoms with van der Waals surface area (Å²) >= 11 is 5.65. The quantitative estimate of drug-likeness (QED) is 0.766. The van der Waals surface area contributed by atoms with Gasteiger partial charge in [0.1, 0.15) is 12.4 Å². The van der Waals surface area contributed by atoms with Gasteiger partial charge < -0.3 is 4.74 Å². The van der Waals surface area contributed by atoms with Gasteiger partial charge in [0.25, 0.3) is 0 Å². The van der Waals surface area contributed by atoms with Crippen LogP contribution in [0.5, 0.6) is 5.75 Å². The molecule has 0 aliphatic rings. The molecule has 0 aliphatic heterocycles. The van der Waals surface area contributed by atoms with Crippen LogP contribution in [0.25, 0.3) is 0 Å². The predicted octanol–water partition coefficient (Wildman–Crippen LogP) is 3.65. The first-order chi connectivity index (χ1) is 7.45. The molecule has 0 aromatic heterocycles. The molecule has 16 heavy (non-hydrogen) atoms. The lowest BCUT2D eigenvalue weighted by molar-refractivity contribution is -0.137. The molecule has 86 valence electrons. The van der Waals surface area contributed by atoms with Crippen molar-refractivity contribution in [2.24, 2.45) is 0 Å². The molecule has 0 saturated carbocycles. The standard InChI is InChI=1S/C10H7ClF3NO/c11-8-3-2-7(10(12,13)14)6-9(8)16-5-1-4-15/h2-3,6H,1,5H2. The Morgan fingerprint density at radius 3 is 2.62 bits per heavy atom. The number of benzene rings is 1. The van der Waals surface area contributed by atoms with Gasteiger partial charge in [-0.05, 0) is 18.2 Å². The van der Waals surface area contributed by atoms with Crippen LogP contribution in [0.3, 0.4) is 0 Å². The average Bonchev–Trinajstić information content (AvgIpc) is 2.19. The van der Waals surface area contributed by atoms with Gasteiger partial charge in [0.05, 0.1) is 23.1 Å². The van der Waals surface area contributed by atoms with Crippen molar-refractivity contribution in [3.05, 3.63) is 28.8 Å². The third kappa shape index (κ3) is 3.31. The van der Waals surface area contributed by atoms with E-state index in [9.17, 15) is 13.2 Å². The highest BCUT2D eigenvalue weighted by molar-refractivity contribution is 6.32. The first kappa shape index (κ1) is 12.7. The van der Waals surface area contributed by atoms with E-state index in [1.165, 1.54) is 0 Å². The Labute approximate surface area is 95.2 Å². The Kier molecular flexibility index (Phi) is 4.02. The Bertz CT molecular complexity index is 412. The van der Waals surface area contributed by atoms with E-state index in [2.05, 4.69) is 0 Å². The summed E-state index contributed by atoms with van der Waals surface area (Å²) in [4.78, 5) is 0. The molecule has 0 radical (unpaired) electrons. The molecule has 0 N–H and O–H groups in total. The SMILES string of the molecule is N#CCCOc1cc(C(F)(F)F)ccc1Cl. The fourth-order valence-electron chi connectivity index (χ4n) is 0.997. The van der Waals surface area contributed by atoms with Crippen LogP contribution in [0.2, 0.25) is 5.02 Å². The summed E-state index contributed by atoms with van der Waals surface area (Å²) in [7, 11) is 0. The molecule has 1 aromatic rings. The highest BCUT2D eigenvalue weighted by atomic mass is 35.5. The molecule has 0 spiro atoms. The Morgan fingerprint density at radius 2 is 2.06 bits per heavy atom. The van der Waals surface area contributed by atoms with Crippen LogP contribution in [0.4, 0.5) is 13.2 Å². The minimum atomic E-state index is -4.43. The molecule has 0 atom stereocenters. The number of rotatable bonds is 3. The van der Waals surface area contributed by atoms with Crippen molar-refractivity contribution in [1.29, 1.82) is 5.26 Å². The zero-order valence-corrected chi connectivity index (χ0v) is 8.77. The minimum Gasteiger partial charge on any atom is -0.491 e. The second-order valence-electron chi connectivity index (χ2n) is 2.90. The number of ether oxygens (including phenoxy) is 1. The smallest absolute Gasteiger partial charge is 0.416 e. The topological polar surface area (TPSA) is 33.0 Å². The molecule has 1 aromatic carbocycles. The molecule has 6 heteroatoms. The van der Waals surface area contributed by atoms with Crippen LogP contribution in [-0.4, -0.2) is 6.61 Å². The van der Waals surface area contributed by atoms with E-state index >= 15 is 0 Å². The van der Waals surface area contributed by atoms with Gasteiger partial charge >= 0.3 is 6.18 Å². The summed E-state index contributed by atoms with van der Waals surface area (Å²) < 4.78 is 42.0. The predicted molar refractivity (Wildman–Crippen MR) is 52.2 cm³/mol. The van der Waals surface area contributed by atoms with Gasteiger partial charge in [-0.15, -0.1) is 0 Å². The third-order valence-corrected chi connectivity index (χ3v) is 2.04. The summed E-state index contributed by atoms with van der Waals surface area (Å²) in [6.45, 7) is 0.0114. The van der Waals surface area contributed by atoms with Crippen LogP contribution >= 0.6 is 11.6 Å². The molecule has 0 saturated heterocycles. The second kappa shape index (κ2) is 5.08. The molecule has 0 amide bonds. The van der Waals surface area contributed by atoms with Crippen molar-refractivity contribution in [3.63, 3.8) is 0 Å². The molecule has 0 aliphatic carbocycles. The molecule has 0 fully saturated rings. The Morgan fingerprint density at radius 1 is 1.38 bits per heavy atom. The van der Waals surface area contributed by atoms with Crippen LogP contribution in [0.15, 0.2) is 18.2 Å². The van der Waals surface area contributed by atoms with Crippen molar-refractivity contribution in [3.8, 4) is 11.8 Å². The zero-order valence-electron chi connectivity index (χ0n) is 8.01. The highest BCUT2D eigenvalue weighted by Crippen LogP contribution is 2.34. The number of alkyl halides is 3. The summed E-state index contributed by atoms with van der Waals surface area (Å²) in [5.74, 6) is -0.0632. The van der Waals surface area contributed by atoms with Gasteiger partial charge in [-0.2, -0.15) is 18.4 Å². The maximum Gasteiger partial charge on any atom is 0.416 e. The normalized spacial score (nSPS) is 10.9. The minimum absolute atomic E-state index is 0.0114. The summed E-state index contributed by atoms with van der Waals surface area (Å²) in [5, 5.41) is 8.34. The maximum atomic E-state index is 12.3. The maximum absolute atomic E-state index is 12.3. The lowest BCUT2D eigenvalue weighted by atomic mass is 10.2. The lowest BCUT2D eigenvalue weighted by Gasteiger charge is -2.10. The van der Waals surface area contributed by atoms with Gasteiger partial charge in [-0.25, -0.2) is 0 Å². The van der Waals surface area contributed by atoms with Gasteiger partial charge in [0.15, 0.2) is 0 Å². The Hall–Kier alpha value is -1.41. The summed E-state index contributed by atoms with van der Waals surface area (Å²) in [5.41, 5.74) is -0.830. The van der Waals surface area contributed by atoms with Gasteiger partial charge in [-0.3, -0.25) is 0 Å². The number of halogens is 4. The van der Waals surface area contributed by atoms with Crippen LogP contribution in [-0.2, 0) is 6.18 Å². The van der Waals surface area contributed by atoms with Crippen molar-refractivity contribution in [1.82, 2.24) is 0 Å². The van der Waals surface area contributed by atoms with Crippen LogP contribution in [0, 0.1) is 11.3 Å². The summed E-state index contributed by atoms with van der Waals surface area (Å²) in [6.07, 6.45) is -4.34. The first-order valence-corrected chi connectivity index (χ1v) is 4.69. The zero-order chi connectivity index (χ0) is 12.2. The van der Waals surface area contributed by atoms with Gasteiger partial charge in [0.2, 0.25) is 0 Å². The van der Waals surface area contributed by atoms with E-state index in [0.717, 1.165) is 18.2 Å². The first-order valence-electron chi connectivity index (χ1n) is 4.31. The summed E-state index contributed by atoms with van der Waals surface area (Å²) in [6, 6.07) is 4.62. The average molecular weight is 250 g/mol. The lowest BCUT2D eigenvalue weighted by Crippen LogP contribution is -2.05. The van der Waals surface area contributed by atoms with Gasteiger partial charge in [0, 0.05) is 0 Å². The third-order valence-electron chi connectivity index (χ3n) is 1.73. The van der Waals surface area contributed by atoms with Crippen molar-refractivity contribution in [2.75, 3.05) is 6.61 Å². The molecule has 1 rings (SSSR count). The van der Waals surface area contributed by atoms with E-state index in [1.54, 1.807) is 0 Å². The highest BCUT2D eigenvalue weighted by Gasteiger charge is 2.31. The fraction of sp³-hybridized carbons (Fsp3) is 0.300. The fourth-order valence-corrected chi connectivity index (χ4v) is 1.17. The largest absolute Gasteiger partial charge is 0.491 e. The molecular weight excluding hydrogens is 243 g/mol. The van der Waals surface area contributed by atoms with Crippen LogP contribution < -0.4 is 4.74 Å². The number of nitriles is 1. The Balaban J connectivity index is 2.88. The van der Waals surface area contributed by atoms with E-state index in [-0.39, 0.29) is 23.8 Å². The van der Waals surface area contributed by atoms with E-state index < -0.39 is 11.7 Å². The van der Waals surface area contributed by atoms with Crippen molar-refractivity contribution >= 4 is 11.6 Å². The number of nitrogens with zero attached hydrogens (tertiary/aromatic N) is 1. The van der Waals surface area contributed by atoms with E-state index in [0.29, 0.717) is 0 Å². The van der Waals surface area contributed by atoms with Crippen molar-refractivity contribution in [2.45, 2.75) is 12.6 Å². The second-order valence-corrected chi connectivity index (χ2v) is 3.31. The molecule has 0 heterocycles. The van der Waals surface area contributed by atoms with E-state index in [1.807, 2.05) is 6.07 Å². The van der Waals surface area contributed by atoms with Crippen LogP contribution in [0.1, 0.15) is 12.0 Å². The molecule has 0 bridgehead atoms. The van der Waals surface area contributed by atoms with E-state index in [4.69, 9.17) is 21.6 Å². The molecule has 2 nitrogen and oxygen atoms in total. The van der Waals surface area contributed by atoms with Gasteiger partial charge in [-0.1, -0.05) is 11.6 Å².